The van der Waals surface area contributed by atoms with Crippen molar-refractivity contribution in [2.45, 2.75) is 71.0 Å². The average Bonchev–Trinajstić information content (AvgIpc) is 2.59. The molecule has 26 heavy (non-hydrogen) atoms. The van der Waals surface area contributed by atoms with Crippen LogP contribution in [0.3, 0.4) is 0 Å². The van der Waals surface area contributed by atoms with Gasteiger partial charge in [0.15, 0.2) is 5.11 Å². The number of thiocarbonyl (C=S) groups is 1. The van der Waals surface area contributed by atoms with Crippen LogP contribution in [0.4, 0.5) is 0 Å². The van der Waals surface area contributed by atoms with Gasteiger partial charge in [0.1, 0.15) is 0 Å². The maximum absolute atomic E-state index is 12.7. The quantitative estimate of drug-likeness (QED) is 0.791. The Kier molecular flexibility index (Phi) is 6.17. The third-order valence-corrected chi connectivity index (χ3v) is 5.95. The van der Waals surface area contributed by atoms with Gasteiger partial charge >= 0.3 is 0 Å². The van der Waals surface area contributed by atoms with Crippen molar-refractivity contribution in [1.29, 1.82) is 0 Å². The highest BCUT2D eigenvalue weighted by atomic mass is 32.1. The molecule has 2 heterocycles. The summed E-state index contributed by atoms with van der Waals surface area (Å²) < 4.78 is 0. The summed E-state index contributed by atoms with van der Waals surface area (Å²) in [6.45, 7) is 7.31. The largest absolute Gasteiger partial charge is 0.362 e. The minimum atomic E-state index is 0.0557. The number of carbonyl (C=O) groups is 1. The first kappa shape index (κ1) is 19.2. The third-order valence-electron chi connectivity index (χ3n) is 5.60. The second kappa shape index (κ2) is 8.38. The van der Waals surface area contributed by atoms with E-state index in [0.29, 0.717) is 18.0 Å². The van der Waals surface area contributed by atoms with E-state index < -0.39 is 0 Å². The van der Waals surface area contributed by atoms with E-state index in [9.17, 15) is 4.79 Å². The Balaban J connectivity index is 1.63. The van der Waals surface area contributed by atoms with Gasteiger partial charge in [-0.2, -0.15) is 0 Å². The molecular weight excluding hydrogens is 342 g/mol. The number of aryl methyl sites for hydroxylation is 1. The Bertz CT molecular complexity index is 646. The number of nitrogens with one attached hydrogen (secondary N) is 2. The Hall–Kier alpha value is -1.62. The topological polar surface area (TPSA) is 44.4 Å². The SMILES string of the molecule is Cc1ccccc1C(=O)NC1C[C@H]2CCC[C@H](C1)N2C(=S)NCC(C)C. The van der Waals surface area contributed by atoms with Gasteiger partial charge in [-0.05, 0) is 68.8 Å². The van der Waals surface area contributed by atoms with Crippen LogP contribution in [0, 0.1) is 12.8 Å². The number of carbonyl (C=O) groups excluding carboxylic acids is 1. The monoisotopic (exact) mass is 373 g/mol. The second-order valence-corrected chi connectivity index (χ2v) is 8.57. The standard InChI is InChI=1S/C21H31N3OS/c1-14(2)13-22-21(26)24-17-8-6-9-18(24)12-16(11-17)23-20(25)19-10-5-4-7-15(19)3/h4-5,7,10,14,16-18H,6,8-9,11-13H2,1-3H3,(H,22,26)(H,23,25)/t17-,18-/m1/s1. The summed E-state index contributed by atoms with van der Waals surface area (Å²) in [7, 11) is 0. The first-order valence-corrected chi connectivity index (χ1v) is 10.3. The average molecular weight is 374 g/mol. The molecule has 0 unspecified atom stereocenters. The van der Waals surface area contributed by atoms with Gasteiger partial charge < -0.3 is 15.5 Å². The summed E-state index contributed by atoms with van der Waals surface area (Å²) in [5, 5.41) is 7.62. The lowest BCUT2D eigenvalue weighted by molar-refractivity contribution is 0.0739. The Morgan fingerprint density at radius 2 is 1.88 bits per heavy atom. The molecule has 2 saturated heterocycles. The van der Waals surface area contributed by atoms with Gasteiger partial charge in [0.05, 0.1) is 0 Å². The van der Waals surface area contributed by atoms with Gasteiger partial charge in [-0.1, -0.05) is 32.0 Å². The van der Waals surface area contributed by atoms with E-state index in [1.54, 1.807) is 0 Å². The second-order valence-electron chi connectivity index (χ2n) is 8.18. The highest BCUT2D eigenvalue weighted by molar-refractivity contribution is 7.80. The number of hydrogen-bond donors (Lipinski definition) is 2. The number of benzene rings is 1. The zero-order chi connectivity index (χ0) is 18.7. The highest BCUT2D eigenvalue weighted by Crippen LogP contribution is 2.34. The molecule has 5 heteroatoms. The number of nitrogens with zero attached hydrogens (tertiary/aromatic N) is 1. The fourth-order valence-corrected chi connectivity index (χ4v) is 4.69. The molecule has 2 bridgehead atoms. The lowest BCUT2D eigenvalue weighted by atomic mass is 9.82. The van der Waals surface area contributed by atoms with Crippen LogP contribution in [0.15, 0.2) is 24.3 Å². The summed E-state index contributed by atoms with van der Waals surface area (Å²) >= 11 is 5.69. The summed E-state index contributed by atoms with van der Waals surface area (Å²) in [4.78, 5) is 15.1. The number of hydrogen-bond acceptors (Lipinski definition) is 2. The number of piperidine rings is 2. The summed E-state index contributed by atoms with van der Waals surface area (Å²) in [5.74, 6) is 0.638. The van der Waals surface area contributed by atoms with Crippen molar-refractivity contribution in [3.63, 3.8) is 0 Å². The molecule has 0 aliphatic carbocycles. The zero-order valence-corrected chi connectivity index (χ0v) is 16.9. The van der Waals surface area contributed by atoms with Gasteiger partial charge in [-0.3, -0.25) is 4.79 Å². The smallest absolute Gasteiger partial charge is 0.251 e. The molecule has 1 amide bonds. The normalized spacial score (nSPS) is 25.1. The predicted molar refractivity (Wildman–Crippen MR) is 110 cm³/mol. The van der Waals surface area contributed by atoms with Crippen LogP contribution in [0.5, 0.6) is 0 Å². The van der Waals surface area contributed by atoms with Gasteiger partial charge in [0, 0.05) is 30.2 Å². The molecule has 142 valence electrons. The summed E-state index contributed by atoms with van der Waals surface area (Å²) in [5.41, 5.74) is 1.82. The van der Waals surface area contributed by atoms with E-state index in [0.717, 1.165) is 48.5 Å². The Labute approximate surface area is 162 Å². The summed E-state index contributed by atoms with van der Waals surface area (Å²) in [6.07, 6.45) is 5.56. The molecule has 4 nitrogen and oxygen atoms in total. The maximum atomic E-state index is 12.7. The van der Waals surface area contributed by atoms with Gasteiger partial charge in [-0.25, -0.2) is 0 Å². The first-order chi connectivity index (χ1) is 12.5. The van der Waals surface area contributed by atoms with Crippen LogP contribution in [0.1, 0.15) is 61.9 Å². The molecule has 2 atom stereocenters. The molecular formula is C21H31N3OS. The lowest BCUT2D eigenvalue weighted by Crippen LogP contribution is -2.61. The maximum Gasteiger partial charge on any atom is 0.251 e. The Morgan fingerprint density at radius 3 is 2.50 bits per heavy atom. The van der Waals surface area contributed by atoms with Crippen LogP contribution < -0.4 is 10.6 Å². The van der Waals surface area contributed by atoms with E-state index in [-0.39, 0.29) is 11.9 Å². The van der Waals surface area contributed by atoms with Gasteiger partial charge in [0.2, 0.25) is 0 Å². The molecule has 0 aromatic heterocycles. The molecule has 2 fully saturated rings. The highest BCUT2D eigenvalue weighted by Gasteiger charge is 2.40. The van der Waals surface area contributed by atoms with Crippen LogP contribution in [-0.4, -0.2) is 40.6 Å². The molecule has 0 spiro atoms. The molecule has 3 rings (SSSR count). The van der Waals surface area contributed by atoms with Crippen molar-refractivity contribution < 1.29 is 4.79 Å². The number of amides is 1. The van der Waals surface area contributed by atoms with E-state index in [4.69, 9.17) is 12.2 Å². The fourth-order valence-electron chi connectivity index (χ4n) is 4.30. The van der Waals surface area contributed by atoms with E-state index in [1.807, 2.05) is 31.2 Å². The van der Waals surface area contributed by atoms with Gasteiger partial charge in [0.25, 0.3) is 5.91 Å². The molecule has 0 saturated carbocycles. The van der Waals surface area contributed by atoms with E-state index >= 15 is 0 Å². The molecule has 2 aliphatic heterocycles. The predicted octanol–water partition coefficient (Wildman–Crippen LogP) is 3.64. The molecule has 1 aromatic rings. The van der Waals surface area contributed by atoms with Gasteiger partial charge in [-0.15, -0.1) is 0 Å². The number of fused-ring (bicyclic) bond motifs is 2. The third kappa shape index (κ3) is 4.37. The molecule has 2 aliphatic rings. The van der Waals surface area contributed by atoms with Crippen LogP contribution in [0.25, 0.3) is 0 Å². The van der Waals surface area contributed by atoms with Crippen molar-refractivity contribution in [2.75, 3.05) is 6.54 Å². The van der Waals surface area contributed by atoms with Crippen molar-refractivity contribution in [3.8, 4) is 0 Å². The fraction of sp³-hybridized carbons (Fsp3) is 0.619. The van der Waals surface area contributed by atoms with Crippen molar-refractivity contribution >= 4 is 23.2 Å². The minimum absolute atomic E-state index is 0.0557. The molecule has 0 radical (unpaired) electrons. The van der Waals surface area contributed by atoms with Crippen LogP contribution >= 0.6 is 12.2 Å². The minimum Gasteiger partial charge on any atom is -0.362 e. The zero-order valence-electron chi connectivity index (χ0n) is 16.1. The van der Waals surface area contributed by atoms with E-state index in [1.165, 1.54) is 6.42 Å². The van der Waals surface area contributed by atoms with Crippen LogP contribution in [-0.2, 0) is 0 Å². The lowest BCUT2D eigenvalue weighted by Gasteiger charge is -2.50. The Morgan fingerprint density at radius 1 is 1.23 bits per heavy atom. The van der Waals surface area contributed by atoms with Crippen molar-refractivity contribution in [1.82, 2.24) is 15.5 Å². The van der Waals surface area contributed by atoms with E-state index in [2.05, 4.69) is 29.4 Å². The van der Waals surface area contributed by atoms with Crippen LogP contribution in [0.2, 0.25) is 0 Å². The first-order valence-electron chi connectivity index (χ1n) is 9.88. The molecule has 2 N–H and O–H groups in total. The summed E-state index contributed by atoms with van der Waals surface area (Å²) in [6, 6.07) is 8.92. The van der Waals surface area contributed by atoms with Crippen molar-refractivity contribution in [3.05, 3.63) is 35.4 Å². The number of rotatable bonds is 4. The van der Waals surface area contributed by atoms with Crippen molar-refractivity contribution in [2.24, 2.45) is 5.92 Å². The molecule has 1 aromatic carbocycles.